The van der Waals surface area contributed by atoms with Crippen molar-refractivity contribution in [2.24, 2.45) is 10.9 Å². The Kier molecular flexibility index (Phi) is 6.98. The number of nitrogen functional groups attached to an aromatic ring is 2. The van der Waals surface area contributed by atoms with E-state index in [1.54, 1.807) is 36.4 Å². The number of sulfone groups is 1. The Morgan fingerprint density at radius 3 is 1.24 bits per heavy atom. The number of primary sulfonamides is 1. The van der Waals surface area contributed by atoms with Gasteiger partial charge in [0.15, 0.2) is 0 Å². The van der Waals surface area contributed by atoms with Crippen LogP contribution in [0.1, 0.15) is 5.56 Å². The largest absolute Gasteiger partial charge is 0.399 e. The first-order chi connectivity index (χ1) is 13.5. The molecule has 0 saturated carbocycles. The lowest BCUT2D eigenvalue weighted by molar-refractivity contribution is 0.595. The Morgan fingerprint density at radius 1 is 0.586 bits per heavy atom. The van der Waals surface area contributed by atoms with Gasteiger partial charge in [0.25, 0.3) is 0 Å². The fourth-order valence-electron chi connectivity index (χ4n) is 2.25. The highest BCUT2D eigenvalue weighted by molar-refractivity contribution is 7.91. The molecule has 8 nitrogen and oxygen atoms in total. The Bertz CT molecular complexity index is 1110. The lowest BCUT2D eigenvalue weighted by Gasteiger charge is -2.05. The molecular weight excluding hydrogens is 412 g/mol. The molecule has 0 radical (unpaired) electrons. The SMILES string of the molecule is NCc1ccc(S(N)(=O)=O)cc1.Nc1ccc(S(=O)(=O)c2ccc(N)cc2)cc1. The number of hydrogen-bond donors (Lipinski definition) is 4. The molecule has 0 aliphatic rings. The molecule has 10 heteroatoms. The maximum Gasteiger partial charge on any atom is 0.238 e. The molecule has 3 aromatic carbocycles. The molecule has 0 aliphatic heterocycles. The van der Waals surface area contributed by atoms with Crippen LogP contribution in [-0.2, 0) is 26.4 Å². The Morgan fingerprint density at radius 2 is 0.931 bits per heavy atom. The third kappa shape index (κ3) is 6.03. The van der Waals surface area contributed by atoms with Crippen LogP contribution in [0.3, 0.4) is 0 Å². The number of nitrogens with two attached hydrogens (primary N) is 4. The van der Waals surface area contributed by atoms with Crippen molar-refractivity contribution in [2.45, 2.75) is 21.2 Å². The quantitative estimate of drug-likeness (QED) is 0.450. The minimum absolute atomic E-state index is 0.111. The monoisotopic (exact) mass is 434 g/mol. The van der Waals surface area contributed by atoms with Crippen LogP contribution in [-0.4, -0.2) is 16.8 Å². The number of rotatable bonds is 4. The lowest BCUT2D eigenvalue weighted by Crippen LogP contribution is -2.12. The second-order valence-corrected chi connectivity index (χ2v) is 9.55. The van der Waals surface area contributed by atoms with E-state index in [4.69, 9.17) is 22.3 Å². The molecule has 0 saturated heterocycles. The smallest absolute Gasteiger partial charge is 0.238 e. The fraction of sp³-hybridized carbons (Fsp3) is 0.0526. The predicted octanol–water partition coefficient (Wildman–Crippen LogP) is 1.48. The van der Waals surface area contributed by atoms with Crippen LogP contribution < -0.4 is 22.3 Å². The molecule has 154 valence electrons. The van der Waals surface area contributed by atoms with Crippen molar-refractivity contribution >= 4 is 31.2 Å². The van der Waals surface area contributed by atoms with E-state index >= 15 is 0 Å². The molecule has 0 spiro atoms. The first kappa shape index (κ1) is 22.4. The zero-order chi connectivity index (χ0) is 21.7. The Balaban J connectivity index is 0.000000221. The summed E-state index contributed by atoms with van der Waals surface area (Å²) in [6.07, 6.45) is 0. The Labute approximate surface area is 170 Å². The maximum absolute atomic E-state index is 12.2. The molecule has 3 rings (SSSR count). The molecule has 3 aromatic rings. The topological polar surface area (TPSA) is 172 Å². The van der Waals surface area contributed by atoms with E-state index in [0.717, 1.165) is 5.56 Å². The molecule has 0 unspecified atom stereocenters. The average molecular weight is 435 g/mol. The van der Waals surface area contributed by atoms with Gasteiger partial charge in [-0.1, -0.05) is 12.1 Å². The van der Waals surface area contributed by atoms with Crippen LogP contribution in [0.4, 0.5) is 11.4 Å². The number of hydrogen-bond acceptors (Lipinski definition) is 7. The van der Waals surface area contributed by atoms with Gasteiger partial charge in [0, 0.05) is 17.9 Å². The van der Waals surface area contributed by atoms with Crippen molar-refractivity contribution in [2.75, 3.05) is 11.5 Å². The highest BCUT2D eigenvalue weighted by Gasteiger charge is 2.16. The van der Waals surface area contributed by atoms with Gasteiger partial charge in [-0.25, -0.2) is 22.0 Å². The van der Waals surface area contributed by atoms with E-state index in [-0.39, 0.29) is 14.7 Å². The van der Waals surface area contributed by atoms with Gasteiger partial charge in [-0.15, -0.1) is 0 Å². The molecule has 0 aliphatic carbocycles. The van der Waals surface area contributed by atoms with Gasteiger partial charge < -0.3 is 17.2 Å². The molecular formula is C19H22N4O4S2. The maximum atomic E-state index is 12.2. The summed E-state index contributed by atoms with van der Waals surface area (Å²) in [6.45, 7) is 0.394. The first-order valence-electron chi connectivity index (χ1n) is 8.32. The van der Waals surface area contributed by atoms with E-state index in [1.807, 2.05) is 0 Å². The second kappa shape index (κ2) is 9.05. The van der Waals surface area contributed by atoms with Crippen LogP contribution in [0.2, 0.25) is 0 Å². The normalized spacial score (nSPS) is 11.4. The van der Waals surface area contributed by atoms with Crippen molar-refractivity contribution < 1.29 is 16.8 Å². The zero-order valence-electron chi connectivity index (χ0n) is 15.4. The van der Waals surface area contributed by atoms with Crippen LogP contribution in [0.25, 0.3) is 0 Å². The third-order valence-corrected chi connectivity index (χ3v) is 6.58. The Hall–Kier alpha value is -2.92. The summed E-state index contributed by atoms with van der Waals surface area (Å²) in [4.78, 5) is 0.549. The molecule has 0 bridgehead atoms. The molecule has 0 fully saturated rings. The number of benzene rings is 3. The van der Waals surface area contributed by atoms with Crippen LogP contribution in [0.5, 0.6) is 0 Å². The lowest BCUT2D eigenvalue weighted by atomic mass is 10.2. The van der Waals surface area contributed by atoms with Crippen molar-refractivity contribution in [1.82, 2.24) is 0 Å². The summed E-state index contributed by atoms with van der Waals surface area (Å²) in [7, 11) is -7.05. The summed E-state index contributed by atoms with van der Waals surface area (Å²) >= 11 is 0. The molecule has 0 atom stereocenters. The van der Waals surface area contributed by atoms with Gasteiger partial charge in [-0.2, -0.15) is 0 Å². The van der Waals surface area contributed by atoms with Crippen molar-refractivity contribution in [1.29, 1.82) is 0 Å². The van der Waals surface area contributed by atoms with Crippen molar-refractivity contribution in [3.63, 3.8) is 0 Å². The van der Waals surface area contributed by atoms with E-state index < -0.39 is 19.9 Å². The summed E-state index contributed by atoms with van der Waals surface area (Å²) in [6, 6.07) is 18.3. The van der Waals surface area contributed by atoms with Crippen molar-refractivity contribution in [3.8, 4) is 0 Å². The summed E-state index contributed by atoms with van der Waals surface area (Å²) in [5.74, 6) is 0. The van der Waals surface area contributed by atoms with Gasteiger partial charge in [0.05, 0.1) is 14.7 Å². The molecule has 0 amide bonds. The van der Waals surface area contributed by atoms with E-state index in [2.05, 4.69) is 0 Å². The minimum Gasteiger partial charge on any atom is -0.399 e. The standard InChI is InChI=1S/C12H12N2O2S.C7H10N2O2S/c13-9-1-5-11(6-2-9)17(15,16)12-7-3-10(14)4-8-12;8-5-6-1-3-7(4-2-6)12(9,10)11/h1-8H,13-14H2;1-4H,5,8H2,(H2,9,10,11). The number of sulfonamides is 1. The summed E-state index contributed by atoms with van der Waals surface area (Å²) < 4.78 is 45.9. The van der Waals surface area contributed by atoms with Crippen LogP contribution >= 0.6 is 0 Å². The first-order valence-corrected chi connectivity index (χ1v) is 11.3. The van der Waals surface area contributed by atoms with Gasteiger partial charge in [-0.05, 0) is 66.2 Å². The summed E-state index contributed by atoms with van der Waals surface area (Å²) in [5.41, 5.74) is 18.3. The van der Waals surface area contributed by atoms with Gasteiger partial charge in [0.2, 0.25) is 19.9 Å². The van der Waals surface area contributed by atoms with Gasteiger partial charge in [-0.3, -0.25) is 0 Å². The van der Waals surface area contributed by atoms with E-state index in [1.165, 1.54) is 36.4 Å². The molecule has 0 heterocycles. The average Bonchev–Trinajstić information content (AvgIpc) is 2.68. The molecule has 29 heavy (non-hydrogen) atoms. The third-order valence-electron chi connectivity index (χ3n) is 3.87. The molecule has 8 N–H and O–H groups in total. The minimum atomic E-state index is -3.57. The zero-order valence-corrected chi connectivity index (χ0v) is 17.0. The van der Waals surface area contributed by atoms with E-state index in [9.17, 15) is 16.8 Å². The number of anilines is 2. The molecule has 0 aromatic heterocycles. The highest BCUT2D eigenvalue weighted by atomic mass is 32.2. The highest BCUT2D eigenvalue weighted by Crippen LogP contribution is 2.22. The van der Waals surface area contributed by atoms with Gasteiger partial charge >= 0.3 is 0 Å². The van der Waals surface area contributed by atoms with Crippen LogP contribution in [0, 0.1) is 0 Å². The van der Waals surface area contributed by atoms with Crippen LogP contribution in [0.15, 0.2) is 87.5 Å². The summed E-state index contributed by atoms with van der Waals surface area (Å²) in [5, 5.41) is 4.89. The predicted molar refractivity (Wildman–Crippen MR) is 113 cm³/mol. The van der Waals surface area contributed by atoms with Gasteiger partial charge in [0.1, 0.15) is 0 Å². The fourth-order valence-corrected chi connectivity index (χ4v) is 4.02. The second-order valence-electron chi connectivity index (χ2n) is 6.03. The van der Waals surface area contributed by atoms with E-state index in [0.29, 0.717) is 17.9 Å². The van der Waals surface area contributed by atoms with Crippen molar-refractivity contribution in [3.05, 3.63) is 78.4 Å².